The maximum Gasteiger partial charge on any atom is 0.119 e. The fourth-order valence-electron chi connectivity index (χ4n) is 1.15. The zero-order chi connectivity index (χ0) is 9.19. The van der Waals surface area contributed by atoms with E-state index in [1.54, 1.807) is 0 Å². The summed E-state index contributed by atoms with van der Waals surface area (Å²) in [5.41, 5.74) is 2.71. The second-order valence-corrected chi connectivity index (χ2v) is 3.88. The number of hydrogen-bond donors (Lipinski definition) is 0. The summed E-state index contributed by atoms with van der Waals surface area (Å²) in [6.45, 7) is 8.70. The highest BCUT2D eigenvalue weighted by Crippen LogP contribution is 2.21. The van der Waals surface area contributed by atoms with Crippen LogP contribution in [0.1, 0.15) is 25.0 Å². The monoisotopic (exact) mass is 159 g/mol. The molecule has 0 aromatic heterocycles. The van der Waals surface area contributed by atoms with Gasteiger partial charge in [-0.1, -0.05) is 56.1 Å². The fraction of sp³-hybridized carbons (Fsp3) is 0.455. The van der Waals surface area contributed by atoms with E-state index in [1.807, 2.05) is 0 Å². The van der Waals surface area contributed by atoms with Crippen LogP contribution in [0.2, 0.25) is 6.82 Å². The van der Waals surface area contributed by atoms with Gasteiger partial charge in [0.25, 0.3) is 0 Å². The van der Waals surface area contributed by atoms with Gasteiger partial charge in [0.2, 0.25) is 0 Å². The molecular weight excluding hydrogens is 143 g/mol. The van der Waals surface area contributed by atoms with Crippen LogP contribution < -0.4 is 0 Å². The van der Waals surface area contributed by atoms with Gasteiger partial charge in [-0.2, -0.15) is 0 Å². The lowest BCUT2D eigenvalue weighted by molar-refractivity contribution is 0.752. The maximum atomic E-state index is 2.23. The zero-order valence-electron chi connectivity index (χ0n) is 8.39. The van der Waals surface area contributed by atoms with Crippen LogP contribution in [0.15, 0.2) is 24.3 Å². The molecule has 0 fully saturated rings. The van der Waals surface area contributed by atoms with Crippen LogP contribution in [-0.2, 0) is 5.31 Å². The zero-order valence-corrected chi connectivity index (χ0v) is 8.39. The van der Waals surface area contributed by atoms with Crippen molar-refractivity contribution in [2.75, 3.05) is 0 Å². The highest BCUT2D eigenvalue weighted by Gasteiger charge is 2.17. The number of rotatable bonds is 2. The second kappa shape index (κ2) is 3.34. The lowest BCUT2D eigenvalue weighted by atomic mass is 9.53. The quantitative estimate of drug-likeness (QED) is 0.582. The molecule has 0 saturated heterocycles. The summed E-state index contributed by atoms with van der Waals surface area (Å²) in [5.74, 6) is 0. The molecule has 0 nitrogen and oxygen atoms in total. The Morgan fingerprint density at radius 1 is 1.08 bits per heavy atom. The summed E-state index contributed by atoms with van der Waals surface area (Å²) in [4.78, 5) is 0. The molecule has 0 atom stereocenters. The number of aryl methyl sites for hydroxylation is 1. The Hall–Kier alpha value is -0.715. The molecule has 0 aliphatic rings. The molecule has 1 heteroatoms. The lowest BCUT2D eigenvalue weighted by Gasteiger charge is -2.22. The smallest absolute Gasteiger partial charge is 0.0911 e. The maximum absolute atomic E-state index is 2.23. The van der Waals surface area contributed by atoms with Gasteiger partial charge in [0.1, 0.15) is 7.28 Å². The van der Waals surface area contributed by atoms with Gasteiger partial charge in [0, 0.05) is 0 Å². The van der Waals surface area contributed by atoms with Gasteiger partial charge in [-0.15, -0.1) is 0 Å². The Morgan fingerprint density at radius 2 is 1.58 bits per heavy atom. The fourth-order valence-corrected chi connectivity index (χ4v) is 1.15. The Kier molecular flexibility index (Phi) is 2.61. The Morgan fingerprint density at radius 3 is 2.00 bits per heavy atom. The summed E-state index contributed by atoms with van der Waals surface area (Å²) >= 11 is 0. The van der Waals surface area contributed by atoms with Gasteiger partial charge in [-0.05, 0) is 12.2 Å². The van der Waals surface area contributed by atoms with E-state index in [9.17, 15) is 0 Å². The first-order chi connectivity index (χ1) is 5.56. The van der Waals surface area contributed by atoms with Crippen LogP contribution in [0, 0.1) is 6.92 Å². The van der Waals surface area contributed by atoms with Crippen molar-refractivity contribution in [3.8, 4) is 0 Å². The average Bonchev–Trinajstić information content (AvgIpc) is 2.05. The van der Waals surface area contributed by atoms with Crippen molar-refractivity contribution in [2.45, 2.75) is 32.9 Å². The number of hydrogen-bond acceptors (Lipinski definition) is 0. The molecule has 63 valence electrons. The number of benzene rings is 1. The molecule has 0 saturated carbocycles. The van der Waals surface area contributed by atoms with Crippen molar-refractivity contribution >= 4 is 7.28 Å². The van der Waals surface area contributed by atoms with E-state index in [0.29, 0.717) is 0 Å². The van der Waals surface area contributed by atoms with E-state index in [4.69, 9.17) is 0 Å². The summed E-state index contributed by atoms with van der Waals surface area (Å²) < 4.78 is 0. The highest BCUT2D eigenvalue weighted by molar-refractivity contribution is 6.38. The van der Waals surface area contributed by atoms with E-state index in [0.717, 1.165) is 0 Å². The molecule has 0 bridgehead atoms. The molecule has 0 unspecified atom stereocenters. The van der Waals surface area contributed by atoms with Gasteiger partial charge in [-0.3, -0.25) is 0 Å². The minimum atomic E-state index is 0.202. The normalized spacial score (nSPS) is 11.3. The molecule has 0 heterocycles. The van der Waals surface area contributed by atoms with Gasteiger partial charge in [0.15, 0.2) is 0 Å². The van der Waals surface area contributed by atoms with Crippen molar-refractivity contribution in [3.63, 3.8) is 0 Å². The molecule has 1 radical (unpaired) electrons. The summed E-state index contributed by atoms with van der Waals surface area (Å²) in [6, 6.07) is 8.74. The van der Waals surface area contributed by atoms with Crippen LogP contribution in [0.5, 0.6) is 0 Å². The van der Waals surface area contributed by atoms with Crippen molar-refractivity contribution in [1.29, 1.82) is 0 Å². The third kappa shape index (κ3) is 1.91. The minimum Gasteiger partial charge on any atom is -0.0911 e. The van der Waals surface area contributed by atoms with E-state index < -0.39 is 0 Å². The summed E-state index contributed by atoms with van der Waals surface area (Å²) in [7, 11) is 2.23. The summed E-state index contributed by atoms with van der Waals surface area (Å²) in [5, 5.41) is 0.202. The minimum absolute atomic E-state index is 0.202. The first-order valence-electron chi connectivity index (χ1n) is 4.44. The first-order valence-corrected chi connectivity index (χ1v) is 4.44. The molecule has 1 aromatic rings. The van der Waals surface area contributed by atoms with Gasteiger partial charge < -0.3 is 0 Å². The SMILES string of the molecule is C[B]C(C)(C)c1ccc(C)cc1. The molecule has 1 rings (SSSR count). The van der Waals surface area contributed by atoms with Crippen LogP contribution in [0.4, 0.5) is 0 Å². The summed E-state index contributed by atoms with van der Waals surface area (Å²) in [6.07, 6.45) is 0. The highest BCUT2D eigenvalue weighted by atomic mass is 14.1. The molecular formula is C11H16B. The molecule has 0 aliphatic carbocycles. The van der Waals surface area contributed by atoms with Crippen LogP contribution >= 0.6 is 0 Å². The van der Waals surface area contributed by atoms with Crippen molar-refractivity contribution in [3.05, 3.63) is 35.4 Å². The molecule has 12 heavy (non-hydrogen) atoms. The van der Waals surface area contributed by atoms with Crippen LogP contribution in [0.25, 0.3) is 0 Å². The van der Waals surface area contributed by atoms with Gasteiger partial charge >= 0.3 is 0 Å². The molecule has 0 aliphatic heterocycles. The van der Waals surface area contributed by atoms with Crippen LogP contribution in [0.3, 0.4) is 0 Å². The first kappa shape index (κ1) is 9.37. The van der Waals surface area contributed by atoms with E-state index in [1.165, 1.54) is 11.1 Å². The lowest BCUT2D eigenvalue weighted by Crippen LogP contribution is -2.23. The predicted octanol–water partition coefficient (Wildman–Crippen LogP) is 2.98. The van der Waals surface area contributed by atoms with E-state index in [2.05, 4.69) is 59.1 Å². The second-order valence-electron chi connectivity index (χ2n) is 3.88. The average molecular weight is 159 g/mol. The molecule has 0 spiro atoms. The molecule has 1 aromatic carbocycles. The Bertz CT molecular complexity index is 246. The standard InChI is InChI=1S/C11H16B/c1-9-5-7-10(8-6-9)11(2,3)12-4/h5-8H,1-4H3. The third-order valence-electron chi connectivity index (χ3n) is 2.52. The Balaban J connectivity index is 2.96. The van der Waals surface area contributed by atoms with Crippen molar-refractivity contribution < 1.29 is 0 Å². The van der Waals surface area contributed by atoms with Gasteiger partial charge in [0.05, 0.1) is 0 Å². The predicted molar refractivity (Wildman–Crippen MR) is 55.8 cm³/mol. The largest absolute Gasteiger partial charge is 0.119 e. The topological polar surface area (TPSA) is 0 Å². The molecule has 0 amide bonds. The van der Waals surface area contributed by atoms with Crippen molar-refractivity contribution in [2.24, 2.45) is 0 Å². The van der Waals surface area contributed by atoms with Crippen molar-refractivity contribution in [1.82, 2.24) is 0 Å². The Labute approximate surface area is 76.2 Å². The third-order valence-corrected chi connectivity index (χ3v) is 2.52. The van der Waals surface area contributed by atoms with E-state index >= 15 is 0 Å². The van der Waals surface area contributed by atoms with E-state index in [-0.39, 0.29) is 5.31 Å². The van der Waals surface area contributed by atoms with Gasteiger partial charge in [-0.25, -0.2) is 0 Å². The molecule has 0 N–H and O–H groups in total. The van der Waals surface area contributed by atoms with Crippen LogP contribution in [-0.4, -0.2) is 7.28 Å².